The number of piperidine rings is 1. The summed E-state index contributed by atoms with van der Waals surface area (Å²) < 4.78 is 37.7. The minimum Gasteiger partial charge on any atom is -0.342 e. The normalized spacial score (nSPS) is 16.6. The average molecular weight is 356 g/mol. The molecular formula is C18H23F3N2O2. The Kier molecular flexibility index (Phi) is 5.44. The number of hydrogen-bond acceptors (Lipinski definition) is 2. The third-order valence-corrected chi connectivity index (χ3v) is 4.64. The van der Waals surface area contributed by atoms with Crippen LogP contribution in [-0.2, 0) is 15.8 Å². The van der Waals surface area contributed by atoms with E-state index >= 15 is 0 Å². The zero-order chi connectivity index (χ0) is 18.8. The van der Waals surface area contributed by atoms with Gasteiger partial charge in [0.05, 0.1) is 5.56 Å². The van der Waals surface area contributed by atoms with Crippen LogP contribution in [0.2, 0.25) is 0 Å². The van der Waals surface area contributed by atoms with Gasteiger partial charge in [-0.3, -0.25) is 9.59 Å². The molecule has 1 aliphatic heterocycles. The Balaban J connectivity index is 2.04. The fraction of sp³-hybridized carbons (Fsp3) is 0.556. The number of anilines is 1. The lowest BCUT2D eigenvalue weighted by molar-refractivity contribution is -0.147. The number of likely N-dealkylation sites (tertiary alicyclic amines) is 1. The predicted octanol–water partition coefficient (Wildman–Crippen LogP) is 3.93. The highest BCUT2D eigenvalue weighted by Crippen LogP contribution is 2.30. The fourth-order valence-electron chi connectivity index (χ4n) is 2.73. The van der Waals surface area contributed by atoms with Crippen LogP contribution >= 0.6 is 0 Å². The molecule has 0 aromatic heterocycles. The Morgan fingerprint density at radius 1 is 1.08 bits per heavy atom. The molecule has 0 atom stereocenters. The van der Waals surface area contributed by atoms with E-state index in [9.17, 15) is 22.8 Å². The molecule has 1 N–H and O–H groups in total. The van der Waals surface area contributed by atoms with Crippen molar-refractivity contribution in [1.82, 2.24) is 4.90 Å². The second-order valence-electron chi connectivity index (χ2n) is 7.13. The number of rotatable bonds is 3. The molecule has 0 spiro atoms. The monoisotopic (exact) mass is 356 g/mol. The third kappa shape index (κ3) is 4.52. The molecule has 4 nitrogen and oxygen atoms in total. The van der Waals surface area contributed by atoms with Crippen LogP contribution < -0.4 is 5.32 Å². The largest absolute Gasteiger partial charge is 0.416 e. The molecule has 1 heterocycles. The van der Waals surface area contributed by atoms with Crippen molar-refractivity contribution in [2.24, 2.45) is 11.3 Å². The number of benzene rings is 1. The molecular weight excluding hydrogens is 333 g/mol. The second kappa shape index (κ2) is 7.06. The quantitative estimate of drug-likeness (QED) is 0.835. The molecule has 0 radical (unpaired) electrons. The average Bonchev–Trinajstić information content (AvgIpc) is 2.54. The number of halogens is 3. The molecule has 1 aromatic rings. The number of carbonyl (C=O) groups excluding carboxylic acids is 2. The van der Waals surface area contributed by atoms with Gasteiger partial charge in [0.25, 0.3) is 0 Å². The van der Waals surface area contributed by atoms with Crippen LogP contribution in [0, 0.1) is 11.3 Å². The van der Waals surface area contributed by atoms with Crippen molar-refractivity contribution < 1.29 is 22.8 Å². The zero-order valence-corrected chi connectivity index (χ0v) is 14.6. The van der Waals surface area contributed by atoms with Gasteiger partial charge in [-0.05, 0) is 56.9 Å². The number of hydrogen-bond donors (Lipinski definition) is 1. The van der Waals surface area contributed by atoms with Crippen LogP contribution in [0.5, 0.6) is 0 Å². The van der Waals surface area contributed by atoms with Crippen molar-refractivity contribution in [2.75, 3.05) is 18.4 Å². The molecule has 1 saturated heterocycles. The predicted molar refractivity (Wildman–Crippen MR) is 88.8 cm³/mol. The van der Waals surface area contributed by atoms with Gasteiger partial charge in [0.1, 0.15) is 5.41 Å². The van der Waals surface area contributed by atoms with Gasteiger partial charge in [-0.15, -0.1) is 0 Å². The molecule has 25 heavy (non-hydrogen) atoms. The van der Waals surface area contributed by atoms with Crippen molar-refractivity contribution in [3.63, 3.8) is 0 Å². The summed E-state index contributed by atoms with van der Waals surface area (Å²) in [7, 11) is 0. The summed E-state index contributed by atoms with van der Waals surface area (Å²) in [6.45, 7) is 6.44. The van der Waals surface area contributed by atoms with Gasteiger partial charge in [0.2, 0.25) is 11.8 Å². The van der Waals surface area contributed by atoms with E-state index in [0.717, 1.165) is 25.0 Å². The first-order valence-electron chi connectivity index (χ1n) is 8.30. The summed E-state index contributed by atoms with van der Waals surface area (Å²) in [6.07, 6.45) is -2.62. The van der Waals surface area contributed by atoms with E-state index < -0.39 is 23.1 Å². The van der Waals surface area contributed by atoms with E-state index in [1.807, 2.05) is 0 Å². The Morgan fingerprint density at radius 2 is 1.60 bits per heavy atom. The van der Waals surface area contributed by atoms with Crippen molar-refractivity contribution in [3.05, 3.63) is 29.8 Å². The number of nitrogens with zero attached hydrogens (tertiary/aromatic N) is 1. The van der Waals surface area contributed by atoms with Crippen molar-refractivity contribution in [1.29, 1.82) is 0 Å². The molecule has 2 rings (SSSR count). The van der Waals surface area contributed by atoms with Gasteiger partial charge in [-0.2, -0.15) is 13.2 Å². The van der Waals surface area contributed by atoms with Crippen LogP contribution in [0.4, 0.5) is 18.9 Å². The lowest BCUT2D eigenvalue weighted by atomic mass is 9.88. The summed E-state index contributed by atoms with van der Waals surface area (Å²) in [6, 6.07) is 4.17. The molecule has 0 aliphatic carbocycles. The van der Waals surface area contributed by atoms with Crippen molar-refractivity contribution in [3.8, 4) is 0 Å². The summed E-state index contributed by atoms with van der Waals surface area (Å²) >= 11 is 0. The highest BCUT2D eigenvalue weighted by Gasteiger charge is 2.40. The fourth-order valence-corrected chi connectivity index (χ4v) is 2.73. The lowest BCUT2D eigenvalue weighted by Crippen LogP contribution is -2.49. The van der Waals surface area contributed by atoms with E-state index in [1.165, 1.54) is 26.0 Å². The molecule has 0 bridgehead atoms. The highest BCUT2D eigenvalue weighted by molar-refractivity contribution is 6.09. The molecule has 0 unspecified atom stereocenters. The molecule has 1 fully saturated rings. The second-order valence-corrected chi connectivity index (χ2v) is 7.13. The summed E-state index contributed by atoms with van der Waals surface area (Å²) in [4.78, 5) is 26.8. The molecule has 2 amide bonds. The molecule has 1 aliphatic rings. The van der Waals surface area contributed by atoms with Crippen molar-refractivity contribution in [2.45, 2.75) is 39.8 Å². The van der Waals surface area contributed by atoms with Gasteiger partial charge in [-0.25, -0.2) is 0 Å². The highest BCUT2D eigenvalue weighted by atomic mass is 19.4. The van der Waals surface area contributed by atoms with Crippen LogP contribution in [0.25, 0.3) is 0 Å². The van der Waals surface area contributed by atoms with E-state index in [-0.39, 0.29) is 11.6 Å². The number of nitrogens with one attached hydrogen (secondary N) is 1. The number of amides is 2. The first-order chi connectivity index (χ1) is 11.5. The molecule has 138 valence electrons. The minimum absolute atomic E-state index is 0.228. The Hall–Kier alpha value is -2.05. The summed E-state index contributed by atoms with van der Waals surface area (Å²) in [5.74, 6) is -0.229. The van der Waals surface area contributed by atoms with Gasteiger partial charge < -0.3 is 10.2 Å². The maximum absolute atomic E-state index is 12.7. The standard InChI is InChI=1S/C18H23F3N2O2/c1-12-8-10-23(11-9-12)16(25)17(2,3)15(24)22-14-6-4-13(5-7-14)18(19,20)21/h4-7,12H,8-11H2,1-3H3,(H,22,24). The van der Waals surface area contributed by atoms with Crippen LogP contribution in [0.15, 0.2) is 24.3 Å². The maximum Gasteiger partial charge on any atom is 0.416 e. The lowest BCUT2D eigenvalue weighted by Gasteiger charge is -2.35. The van der Waals surface area contributed by atoms with E-state index in [1.54, 1.807) is 4.90 Å². The first-order valence-corrected chi connectivity index (χ1v) is 8.30. The van der Waals surface area contributed by atoms with Crippen LogP contribution in [-0.4, -0.2) is 29.8 Å². The van der Waals surface area contributed by atoms with Gasteiger partial charge in [0.15, 0.2) is 0 Å². The minimum atomic E-state index is -4.43. The van der Waals surface area contributed by atoms with Crippen LogP contribution in [0.3, 0.4) is 0 Å². The van der Waals surface area contributed by atoms with E-state index in [0.29, 0.717) is 19.0 Å². The smallest absolute Gasteiger partial charge is 0.342 e. The van der Waals surface area contributed by atoms with Crippen LogP contribution in [0.1, 0.15) is 39.2 Å². The summed E-state index contributed by atoms with van der Waals surface area (Å²) in [5.41, 5.74) is -1.85. The first kappa shape index (κ1) is 19.3. The van der Waals surface area contributed by atoms with E-state index in [2.05, 4.69) is 12.2 Å². The van der Waals surface area contributed by atoms with Gasteiger partial charge in [0, 0.05) is 18.8 Å². The Labute approximate surface area is 145 Å². The third-order valence-electron chi connectivity index (χ3n) is 4.64. The molecule has 7 heteroatoms. The Morgan fingerprint density at radius 3 is 2.08 bits per heavy atom. The number of alkyl halides is 3. The molecule has 1 aromatic carbocycles. The maximum atomic E-state index is 12.7. The van der Waals surface area contributed by atoms with E-state index in [4.69, 9.17) is 0 Å². The zero-order valence-electron chi connectivity index (χ0n) is 14.6. The summed E-state index contributed by atoms with van der Waals surface area (Å²) in [5, 5.41) is 2.54. The van der Waals surface area contributed by atoms with Gasteiger partial charge in [-0.1, -0.05) is 6.92 Å². The van der Waals surface area contributed by atoms with Crippen molar-refractivity contribution >= 4 is 17.5 Å². The molecule has 0 saturated carbocycles. The Bertz CT molecular complexity index is 631. The topological polar surface area (TPSA) is 49.4 Å². The number of carbonyl (C=O) groups is 2. The SMILES string of the molecule is CC1CCN(C(=O)C(C)(C)C(=O)Nc2ccc(C(F)(F)F)cc2)CC1. The van der Waals surface area contributed by atoms with Gasteiger partial charge >= 0.3 is 6.18 Å².